The fourth-order valence-corrected chi connectivity index (χ4v) is 3.31. The Labute approximate surface area is 135 Å². The third-order valence-corrected chi connectivity index (χ3v) is 4.50. The topological polar surface area (TPSA) is 41.6 Å². The van der Waals surface area contributed by atoms with Gasteiger partial charge in [-0.3, -0.25) is 0 Å². The van der Waals surface area contributed by atoms with E-state index in [1.807, 2.05) is 20.8 Å². The molecule has 2 rings (SSSR count). The summed E-state index contributed by atoms with van der Waals surface area (Å²) in [7, 11) is 0. The Morgan fingerprint density at radius 1 is 1.04 bits per heavy atom. The third kappa shape index (κ3) is 5.55. The van der Waals surface area contributed by atoms with Gasteiger partial charge in [-0.25, -0.2) is 4.79 Å². The molecule has 2 aliphatic rings. The fraction of sp³-hybridized carbons (Fsp3) is 0.938. The number of hydrogen-bond donors (Lipinski definition) is 1. The van der Waals surface area contributed by atoms with Crippen molar-refractivity contribution in [2.45, 2.75) is 76.7 Å². The van der Waals surface area contributed by atoms with Crippen molar-refractivity contribution in [3.8, 4) is 0 Å². The molecule has 0 aromatic carbocycles. The first-order valence-electron chi connectivity index (χ1n) is 8.35. The minimum Gasteiger partial charge on any atom is -0.444 e. The van der Waals surface area contributed by atoms with Gasteiger partial charge >= 0.3 is 12.3 Å². The summed E-state index contributed by atoms with van der Waals surface area (Å²) in [5.41, 5.74) is -0.515. The van der Waals surface area contributed by atoms with Crippen LogP contribution in [0.5, 0.6) is 0 Å². The van der Waals surface area contributed by atoms with Crippen molar-refractivity contribution in [3.05, 3.63) is 0 Å². The molecule has 1 atom stereocenters. The molecule has 2 fully saturated rings. The lowest BCUT2D eigenvalue weighted by Crippen LogP contribution is -2.44. The molecule has 134 valence electrons. The van der Waals surface area contributed by atoms with E-state index in [2.05, 4.69) is 5.32 Å². The molecule has 1 aliphatic carbocycles. The highest BCUT2D eigenvalue weighted by molar-refractivity contribution is 5.68. The number of carbonyl (C=O) groups excluding carboxylic acids is 1. The smallest absolute Gasteiger partial charge is 0.410 e. The summed E-state index contributed by atoms with van der Waals surface area (Å²) in [5, 5.41) is 3.42. The van der Waals surface area contributed by atoms with E-state index < -0.39 is 17.7 Å². The van der Waals surface area contributed by atoms with Crippen LogP contribution in [-0.4, -0.2) is 47.9 Å². The van der Waals surface area contributed by atoms with E-state index in [0.29, 0.717) is 25.9 Å². The molecule has 1 N–H and O–H groups in total. The lowest BCUT2D eigenvalue weighted by atomic mass is 9.85. The first-order chi connectivity index (χ1) is 10.5. The number of nitrogens with one attached hydrogen (secondary N) is 1. The van der Waals surface area contributed by atoms with Crippen LogP contribution in [0, 0.1) is 5.92 Å². The SMILES string of the molecule is CC(C)(C)OC(=O)N1CCC(NC2CCC(C(F)(F)F)CC2)C1. The number of alkyl halides is 3. The quantitative estimate of drug-likeness (QED) is 0.836. The maximum absolute atomic E-state index is 12.7. The molecule has 0 bridgehead atoms. The van der Waals surface area contributed by atoms with Crippen LogP contribution < -0.4 is 5.32 Å². The molecule has 1 saturated heterocycles. The van der Waals surface area contributed by atoms with Crippen molar-refractivity contribution in [2.24, 2.45) is 5.92 Å². The Bertz CT molecular complexity index is 413. The normalized spacial score (nSPS) is 29.7. The Kier molecular flexibility index (Phi) is 5.48. The van der Waals surface area contributed by atoms with Gasteiger partial charge in [0.25, 0.3) is 0 Å². The van der Waals surface area contributed by atoms with E-state index in [1.165, 1.54) is 0 Å². The minimum atomic E-state index is -4.06. The predicted molar refractivity (Wildman–Crippen MR) is 81.1 cm³/mol. The zero-order chi connectivity index (χ0) is 17.3. The molecule has 7 heteroatoms. The van der Waals surface area contributed by atoms with Crippen LogP contribution in [0.4, 0.5) is 18.0 Å². The van der Waals surface area contributed by atoms with E-state index in [1.54, 1.807) is 4.90 Å². The molecule has 23 heavy (non-hydrogen) atoms. The zero-order valence-corrected chi connectivity index (χ0v) is 14.1. The fourth-order valence-electron chi connectivity index (χ4n) is 3.31. The summed E-state index contributed by atoms with van der Waals surface area (Å²) in [4.78, 5) is 13.7. The number of halogens is 3. The van der Waals surface area contributed by atoms with Gasteiger partial charge in [-0.1, -0.05) is 0 Å². The van der Waals surface area contributed by atoms with Gasteiger partial charge in [0.2, 0.25) is 0 Å². The molecular formula is C16H27F3N2O2. The molecule has 0 aromatic rings. The third-order valence-electron chi connectivity index (χ3n) is 4.50. The van der Waals surface area contributed by atoms with Gasteiger partial charge in [-0.05, 0) is 52.9 Å². The molecule has 0 spiro atoms. The van der Waals surface area contributed by atoms with Crippen molar-refractivity contribution in [3.63, 3.8) is 0 Å². The second kappa shape index (κ2) is 6.87. The Hall–Kier alpha value is -0.980. The second-order valence-corrected chi connectivity index (χ2v) is 7.67. The first-order valence-corrected chi connectivity index (χ1v) is 8.35. The second-order valence-electron chi connectivity index (χ2n) is 7.67. The largest absolute Gasteiger partial charge is 0.444 e. The number of hydrogen-bond acceptors (Lipinski definition) is 3. The average Bonchev–Trinajstić information content (AvgIpc) is 2.85. The molecule has 1 heterocycles. The van der Waals surface area contributed by atoms with E-state index in [9.17, 15) is 18.0 Å². The van der Waals surface area contributed by atoms with Crippen LogP contribution in [0.25, 0.3) is 0 Å². The molecule has 1 unspecified atom stereocenters. The van der Waals surface area contributed by atoms with Crippen molar-refractivity contribution in [1.82, 2.24) is 10.2 Å². The van der Waals surface area contributed by atoms with Crippen LogP contribution in [0.3, 0.4) is 0 Å². The van der Waals surface area contributed by atoms with E-state index in [4.69, 9.17) is 4.74 Å². The minimum absolute atomic E-state index is 0.122. The van der Waals surface area contributed by atoms with Crippen LogP contribution in [0.1, 0.15) is 52.9 Å². The van der Waals surface area contributed by atoms with Crippen LogP contribution in [-0.2, 0) is 4.74 Å². The molecular weight excluding hydrogens is 309 g/mol. The first kappa shape index (κ1) is 18.4. The molecule has 1 saturated carbocycles. The van der Waals surface area contributed by atoms with Crippen LogP contribution in [0.15, 0.2) is 0 Å². The molecule has 4 nitrogen and oxygen atoms in total. The molecule has 0 radical (unpaired) electrons. The van der Waals surface area contributed by atoms with Gasteiger partial charge < -0.3 is 15.0 Å². The number of ether oxygens (including phenoxy) is 1. The van der Waals surface area contributed by atoms with Crippen molar-refractivity contribution < 1.29 is 22.7 Å². The molecule has 0 aromatic heterocycles. The highest BCUT2D eigenvalue weighted by Crippen LogP contribution is 2.37. The number of amides is 1. The summed E-state index contributed by atoms with van der Waals surface area (Å²) < 4.78 is 43.4. The zero-order valence-electron chi connectivity index (χ0n) is 14.1. The summed E-state index contributed by atoms with van der Waals surface area (Å²) in [6, 6.07) is 0.271. The predicted octanol–water partition coefficient (Wildman–Crippen LogP) is 3.71. The van der Waals surface area contributed by atoms with Crippen LogP contribution in [0.2, 0.25) is 0 Å². The van der Waals surface area contributed by atoms with Gasteiger partial charge in [-0.15, -0.1) is 0 Å². The highest BCUT2D eigenvalue weighted by atomic mass is 19.4. The van der Waals surface area contributed by atoms with E-state index in [-0.39, 0.29) is 31.0 Å². The average molecular weight is 336 g/mol. The van der Waals surface area contributed by atoms with E-state index >= 15 is 0 Å². The van der Waals surface area contributed by atoms with Crippen molar-refractivity contribution in [2.75, 3.05) is 13.1 Å². The Morgan fingerprint density at radius 2 is 1.65 bits per heavy atom. The lowest BCUT2D eigenvalue weighted by molar-refractivity contribution is -0.182. The van der Waals surface area contributed by atoms with Gasteiger partial charge in [0.05, 0.1) is 5.92 Å². The highest BCUT2D eigenvalue weighted by Gasteiger charge is 2.42. The van der Waals surface area contributed by atoms with Gasteiger partial charge in [0, 0.05) is 25.2 Å². The van der Waals surface area contributed by atoms with Crippen molar-refractivity contribution in [1.29, 1.82) is 0 Å². The van der Waals surface area contributed by atoms with Gasteiger partial charge in [0.1, 0.15) is 5.60 Å². The monoisotopic (exact) mass is 336 g/mol. The molecule has 1 aliphatic heterocycles. The number of likely N-dealkylation sites (tertiary alicyclic amines) is 1. The van der Waals surface area contributed by atoms with Crippen LogP contribution >= 0.6 is 0 Å². The standard InChI is InChI=1S/C16H27F3N2O2/c1-15(2,3)23-14(22)21-9-8-13(10-21)20-12-6-4-11(5-7-12)16(17,18)19/h11-13,20H,4-10H2,1-3H3. The Morgan fingerprint density at radius 3 is 2.17 bits per heavy atom. The molecule has 1 amide bonds. The maximum atomic E-state index is 12.7. The summed E-state index contributed by atoms with van der Waals surface area (Å²) >= 11 is 0. The summed E-state index contributed by atoms with van der Waals surface area (Å²) in [6.07, 6.45) is -2.07. The summed E-state index contributed by atoms with van der Waals surface area (Å²) in [6.45, 7) is 6.68. The number of carbonyl (C=O) groups is 1. The van der Waals surface area contributed by atoms with Gasteiger partial charge in [-0.2, -0.15) is 13.2 Å². The maximum Gasteiger partial charge on any atom is 0.410 e. The summed E-state index contributed by atoms with van der Waals surface area (Å²) in [5.74, 6) is -1.15. The number of nitrogens with zero attached hydrogens (tertiary/aromatic N) is 1. The Balaban J connectivity index is 1.73. The number of rotatable bonds is 2. The van der Waals surface area contributed by atoms with Gasteiger partial charge in [0.15, 0.2) is 0 Å². The van der Waals surface area contributed by atoms with Crippen molar-refractivity contribution >= 4 is 6.09 Å². The lowest BCUT2D eigenvalue weighted by Gasteiger charge is -2.32. The van der Waals surface area contributed by atoms with E-state index in [0.717, 1.165) is 6.42 Å².